The van der Waals surface area contributed by atoms with Gasteiger partial charge < -0.3 is 4.98 Å². The van der Waals surface area contributed by atoms with Gasteiger partial charge in [-0.05, 0) is 36.1 Å². The maximum Gasteiger partial charge on any atom is 0.282 e. The molecule has 20 heavy (non-hydrogen) atoms. The molecule has 0 unspecified atom stereocenters. The van der Waals surface area contributed by atoms with Crippen LogP contribution in [0.2, 0.25) is 0 Å². The van der Waals surface area contributed by atoms with E-state index in [4.69, 9.17) is 0 Å². The molecule has 0 saturated carbocycles. The smallest absolute Gasteiger partial charge is 0.282 e. The molecule has 0 spiro atoms. The van der Waals surface area contributed by atoms with Crippen molar-refractivity contribution in [3.05, 3.63) is 36.0 Å². The first-order chi connectivity index (χ1) is 9.53. The number of fused-ring (bicyclic) bond motifs is 1. The number of para-hydroxylation sites is 1. The van der Waals surface area contributed by atoms with Crippen LogP contribution in [0.5, 0.6) is 0 Å². The topological polar surface area (TPSA) is 48.1 Å². The van der Waals surface area contributed by atoms with Crippen LogP contribution < -0.4 is 5.43 Å². The van der Waals surface area contributed by atoms with Gasteiger partial charge in [0, 0.05) is 24.0 Å². The van der Waals surface area contributed by atoms with Crippen molar-refractivity contribution in [2.45, 2.75) is 0 Å². The molecule has 0 radical (unpaired) electrons. The number of aromatic amines is 1. The zero-order valence-corrected chi connectivity index (χ0v) is 12.8. The molecule has 4 nitrogen and oxygen atoms in total. The summed E-state index contributed by atoms with van der Waals surface area (Å²) in [6.07, 6.45) is 4.73. The van der Waals surface area contributed by atoms with Crippen molar-refractivity contribution in [1.82, 2.24) is 15.4 Å². The molecule has 3 rings (SSSR count). The minimum atomic E-state index is -0.437. The van der Waals surface area contributed by atoms with Crippen LogP contribution in [0.25, 0.3) is 10.9 Å². The van der Waals surface area contributed by atoms with Gasteiger partial charge in [-0.25, -0.2) is 15.0 Å². The fourth-order valence-corrected chi connectivity index (χ4v) is 4.07. The number of H-pyrrole nitrogens is 1. The lowest BCUT2D eigenvalue weighted by atomic mass is 10.2. The summed E-state index contributed by atoms with van der Waals surface area (Å²) >= 11 is 0. The first kappa shape index (κ1) is 13.5. The zero-order chi connectivity index (χ0) is 14.2. The molecule has 1 aliphatic heterocycles. The Hall–Kier alpha value is -1.46. The predicted octanol–water partition coefficient (Wildman–Crippen LogP) is 2.19. The minimum Gasteiger partial charge on any atom is -0.350 e. The Balaban J connectivity index is 1.67. The highest BCUT2D eigenvalue weighted by atomic mass is 32.3. The predicted molar refractivity (Wildman–Crippen MR) is 86.5 cm³/mol. The van der Waals surface area contributed by atoms with E-state index in [1.165, 1.54) is 11.5 Å². The number of nitrogens with one attached hydrogen (secondary N) is 2. The molecule has 1 saturated heterocycles. The maximum absolute atomic E-state index is 12.3. The third-order valence-corrected chi connectivity index (χ3v) is 6.44. The van der Waals surface area contributed by atoms with Gasteiger partial charge in [0.1, 0.15) is 5.69 Å². The van der Waals surface area contributed by atoms with Gasteiger partial charge in [-0.15, -0.1) is 0 Å². The Bertz CT molecular complexity index is 592. The van der Waals surface area contributed by atoms with Crippen molar-refractivity contribution in [3.8, 4) is 0 Å². The molecule has 0 bridgehead atoms. The summed E-state index contributed by atoms with van der Waals surface area (Å²) < 4.78 is 0. The molecular formula is C15H21N3OS. The summed E-state index contributed by atoms with van der Waals surface area (Å²) in [5.74, 6) is 2.34. The van der Waals surface area contributed by atoms with Crippen LogP contribution in [0.1, 0.15) is 10.5 Å². The van der Waals surface area contributed by atoms with E-state index in [-0.39, 0.29) is 5.91 Å². The van der Waals surface area contributed by atoms with E-state index >= 15 is 0 Å². The molecule has 1 amide bonds. The molecule has 108 valence electrons. The highest BCUT2D eigenvalue weighted by Crippen LogP contribution is 2.41. The monoisotopic (exact) mass is 291 g/mol. The standard InChI is InChI=1S/C15H21N3OS/c1-20(2)9-7-18(8-10-20)17-15(19)14-11-12-5-3-4-6-13(12)16-14/h3-6,11,16H,7-10H2,1-2H3,(H,17,19). The van der Waals surface area contributed by atoms with Crippen molar-refractivity contribution in [2.24, 2.45) is 0 Å². The van der Waals surface area contributed by atoms with E-state index < -0.39 is 10.0 Å². The van der Waals surface area contributed by atoms with E-state index in [0.717, 1.165) is 24.0 Å². The molecule has 1 aromatic heterocycles. The van der Waals surface area contributed by atoms with Gasteiger partial charge in [-0.1, -0.05) is 18.2 Å². The van der Waals surface area contributed by atoms with Gasteiger partial charge in [0.2, 0.25) is 0 Å². The number of carbonyl (C=O) groups excluding carboxylic acids is 1. The van der Waals surface area contributed by atoms with Gasteiger partial charge in [0.15, 0.2) is 0 Å². The Morgan fingerprint density at radius 2 is 1.95 bits per heavy atom. The number of hydrogen-bond acceptors (Lipinski definition) is 2. The summed E-state index contributed by atoms with van der Waals surface area (Å²) in [4.78, 5) is 15.4. The van der Waals surface area contributed by atoms with Gasteiger partial charge >= 0.3 is 0 Å². The van der Waals surface area contributed by atoms with Crippen LogP contribution in [0.3, 0.4) is 0 Å². The summed E-state index contributed by atoms with van der Waals surface area (Å²) in [5.41, 5.74) is 4.64. The van der Waals surface area contributed by atoms with Gasteiger partial charge in [-0.3, -0.25) is 10.2 Å². The van der Waals surface area contributed by atoms with Crippen molar-refractivity contribution < 1.29 is 4.79 Å². The zero-order valence-electron chi connectivity index (χ0n) is 12.0. The number of hydrazine groups is 1. The van der Waals surface area contributed by atoms with Crippen molar-refractivity contribution in [3.63, 3.8) is 0 Å². The average molecular weight is 291 g/mol. The number of hydrogen-bond donors (Lipinski definition) is 2. The van der Waals surface area contributed by atoms with Crippen molar-refractivity contribution >= 4 is 26.8 Å². The Labute approximate surface area is 120 Å². The minimum absolute atomic E-state index is 0.0455. The number of benzene rings is 1. The van der Waals surface area contributed by atoms with Crippen LogP contribution in [0.15, 0.2) is 30.3 Å². The fourth-order valence-electron chi connectivity index (χ4n) is 2.44. The molecule has 2 N–H and O–H groups in total. The molecule has 1 aliphatic rings. The van der Waals surface area contributed by atoms with Crippen molar-refractivity contribution in [1.29, 1.82) is 0 Å². The Kier molecular flexibility index (Phi) is 3.48. The molecular weight excluding hydrogens is 270 g/mol. The summed E-state index contributed by atoms with van der Waals surface area (Å²) in [7, 11) is -0.437. The van der Waals surface area contributed by atoms with Gasteiger partial charge in [0.05, 0.1) is 0 Å². The summed E-state index contributed by atoms with van der Waals surface area (Å²) in [6, 6.07) is 9.85. The molecule has 5 heteroatoms. The molecule has 0 atom stereocenters. The van der Waals surface area contributed by atoms with Crippen LogP contribution >= 0.6 is 10.0 Å². The lowest BCUT2D eigenvalue weighted by molar-refractivity contribution is 0.0799. The van der Waals surface area contributed by atoms with E-state index in [9.17, 15) is 4.79 Å². The first-order valence-electron chi connectivity index (χ1n) is 6.86. The molecule has 0 aliphatic carbocycles. The Morgan fingerprint density at radius 1 is 1.25 bits per heavy atom. The average Bonchev–Trinajstić information content (AvgIpc) is 2.85. The number of nitrogens with zero attached hydrogens (tertiary/aromatic N) is 1. The lowest BCUT2D eigenvalue weighted by Gasteiger charge is -2.40. The molecule has 1 aromatic carbocycles. The third kappa shape index (κ3) is 2.83. The Morgan fingerprint density at radius 3 is 2.65 bits per heavy atom. The largest absolute Gasteiger partial charge is 0.350 e. The van der Waals surface area contributed by atoms with E-state index in [2.05, 4.69) is 22.9 Å². The number of amides is 1. The van der Waals surface area contributed by atoms with Gasteiger partial charge in [-0.2, -0.15) is 0 Å². The second-order valence-electron chi connectivity index (χ2n) is 5.87. The third-order valence-electron chi connectivity index (χ3n) is 3.86. The van der Waals surface area contributed by atoms with E-state index in [1.807, 2.05) is 35.3 Å². The highest BCUT2D eigenvalue weighted by Gasteiger charge is 2.23. The second kappa shape index (κ2) is 5.14. The molecule has 1 fully saturated rings. The lowest BCUT2D eigenvalue weighted by Crippen LogP contribution is -2.49. The van der Waals surface area contributed by atoms with Crippen LogP contribution in [-0.4, -0.2) is 53.0 Å². The summed E-state index contributed by atoms with van der Waals surface area (Å²) in [5, 5.41) is 3.12. The second-order valence-corrected chi connectivity index (χ2v) is 10.2. The normalized spacial score (nSPS) is 20.7. The summed E-state index contributed by atoms with van der Waals surface area (Å²) in [6.45, 7) is 1.91. The number of rotatable bonds is 2. The first-order valence-corrected chi connectivity index (χ1v) is 9.65. The van der Waals surface area contributed by atoms with Crippen LogP contribution in [0, 0.1) is 0 Å². The fraction of sp³-hybridized carbons (Fsp3) is 0.400. The highest BCUT2D eigenvalue weighted by molar-refractivity contribution is 8.32. The SMILES string of the molecule is CS1(C)CCN(NC(=O)c2cc3ccccc3[nH]2)CC1. The number of aromatic nitrogens is 1. The van der Waals surface area contributed by atoms with Crippen LogP contribution in [0.4, 0.5) is 0 Å². The quantitative estimate of drug-likeness (QED) is 0.891. The molecule has 2 heterocycles. The number of carbonyl (C=O) groups is 1. The van der Waals surface area contributed by atoms with Crippen LogP contribution in [-0.2, 0) is 0 Å². The molecule has 2 aromatic rings. The van der Waals surface area contributed by atoms with Crippen molar-refractivity contribution in [2.75, 3.05) is 37.1 Å². The maximum atomic E-state index is 12.3. The van der Waals surface area contributed by atoms with Gasteiger partial charge in [0.25, 0.3) is 5.91 Å². The van der Waals surface area contributed by atoms with E-state index in [1.54, 1.807) is 0 Å². The van der Waals surface area contributed by atoms with E-state index in [0.29, 0.717) is 5.69 Å².